The molecule has 0 bridgehead atoms. The molecule has 0 aliphatic carbocycles. The van der Waals surface area contributed by atoms with E-state index in [2.05, 4.69) is 10.1 Å². The molecule has 0 heterocycles. The molecule has 19 heavy (non-hydrogen) atoms. The number of rotatable bonds is 7. The highest BCUT2D eigenvalue weighted by molar-refractivity contribution is 5.66. The molecule has 1 amide bonds. The van der Waals surface area contributed by atoms with Crippen molar-refractivity contribution in [1.29, 1.82) is 0 Å². The van der Waals surface area contributed by atoms with Gasteiger partial charge in [0.1, 0.15) is 0 Å². The number of hydrogen-bond donors (Lipinski definition) is 1. The number of hydrogen-bond acceptors (Lipinski definition) is 4. The van der Waals surface area contributed by atoms with Gasteiger partial charge >= 0.3 is 6.09 Å². The largest absolute Gasteiger partial charge is 0.453 e. The van der Waals surface area contributed by atoms with Gasteiger partial charge in [0, 0.05) is 25.3 Å². The lowest BCUT2D eigenvalue weighted by Crippen LogP contribution is -2.22. The number of alkyl carbamates (subject to hydrolysis) is 1. The van der Waals surface area contributed by atoms with Gasteiger partial charge in [-0.3, -0.25) is 0 Å². The molecule has 5 nitrogen and oxygen atoms in total. The number of amides is 1. The Morgan fingerprint density at radius 1 is 1.16 bits per heavy atom. The van der Waals surface area contributed by atoms with E-state index in [1.165, 1.54) is 7.11 Å². The fourth-order valence-electron chi connectivity index (χ4n) is 1.58. The van der Waals surface area contributed by atoms with Crippen LogP contribution in [0, 0.1) is 0 Å². The molecule has 0 aliphatic heterocycles. The molecule has 1 rings (SSSR count). The molecule has 0 unspecified atom stereocenters. The van der Waals surface area contributed by atoms with Crippen molar-refractivity contribution in [3.05, 3.63) is 35.4 Å². The van der Waals surface area contributed by atoms with Crippen LogP contribution in [0.1, 0.15) is 31.3 Å². The molecule has 1 aromatic rings. The maximum absolute atomic E-state index is 11.0. The Morgan fingerprint density at radius 3 is 2.21 bits per heavy atom. The minimum absolute atomic E-state index is 0.336. The van der Waals surface area contributed by atoms with Crippen LogP contribution in [0.4, 0.5) is 4.79 Å². The van der Waals surface area contributed by atoms with Gasteiger partial charge in [0.2, 0.25) is 0 Å². The first-order valence-electron chi connectivity index (χ1n) is 6.35. The summed E-state index contributed by atoms with van der Waals surface area (Å²) in [6, 6.07) is 7.72. The Hall–Kier alpha value is -1.59. The van der Waals surface area contributed by atoms with Crippen molar-refractivity contribution >= 4 is 6.09 Å². The van der Waals surface area contributed by atoms with E-state index >= 15 is 0 Å². The average Bonchev–Trinajstić information content (AvgIpc) is 2.45. The van der Waals surface area contributed by atoms with Crippen LogP contribution < -0.4 is 5.32 Å². The summed E-state index contributed by atoms with van der Waals surface area (Å²) in [4.78, 5) is 11.0. The first-order valence-corrected chi connectivity index (χ1v) is 6.35. The van der Waals surface area contributed by atoms with E-state index in [0.717, 1.165) is 11.1 Å². The summed E-state index contributed by atoms with van der Waals surface area (Å²) in [7, 11) is 1.34. The van der Waals surface area contributed by atoms with Gasteiger partial charge in [-0.25, -0.2) is 4.79 Å². The number of carbonyl (C=O) groups is 1. The van der Waals surface area contributed by atoms with Gasteiger partial charge in [-0.05, 0) is 19.4 Å². The van der Waals surface area contributed by atoms with Crippen molar-refractivity contribution in [1.82, 2.24) is 5.32 Å². The van der Waals surface area contributed by atoms with Crippen molar-refractivity contribution in [2.75, 3.05) is 20.3 Å². The second-order valence-electron chi connectivity index (χ2n) is 3.83. The monoisotopic (exact) mass is 267 g/mol. The van der Waals surface area contributed by atoms with Crippen LogP contribution in [0.2, 0.25) is 0 Å². The van der Waals surface area contributed by atoms with Gasteiger partial charge in [0.25, 0.3) is 0 Å². The van der Waals surface area contributed by atoms with Crippen LogP contribution in [0.3, 0.4) is 0 Å². The molecular weight excluding hydrogens is 246 g/mol. The number of carbonyl (C=O) groups excluding carboxylic acids is 1. The summed E-state index contributed by atoms with van der Waals surface area (Å²) < 4.78 is 15.5. The molecule has 0 saturated heterocycles. The summed E-state index contributed by atoms with van der Waals surface area (Å²) in [6.45, 7) is 5.48. The van der Waals surface area contributed by atoms with Crippen molar-refractivity contribution in [2.24, 2.45) is 0 Å². The zero-order valence-corrected chi connectivity index (χ0v) is 11.6. The van der Waals surface area contributed by atoms with Gasteiger partial charge < -0.3 is 19.5 Å². The molecule has 106 valence electrons. The molecule has 0 aliphatic rings. The van der Waals surface area contributed by atoms with Crippen molar-refractivity contribution in [3.8, 4) is 0 Å². The third kappa shape index (κ3) is 5.28. The van der Waals surface area contributed by atoms with Crippen LogP contribution in [0.5, 0.6) is 0 Å². The van der Waals surface area contributed by atoms with Crippen LogP contribution in [-0.2, 0) is 20.8 Å². The highest BCUT2D eigenvalue weighted by Gasteiger charge is 2.10. The zero-order valence-electron chi connectivity index (χ0n) is 11.6. The lowest BCUT2D eigenvalue weighted by Gasteiger charge is -2.17. The fraction of sp³-hybridized carbons (Fsp3) is 0.500. The first-order chi connectivity index (χ1) is 9.21. The Morgan fingerprint density at radius 2 is 1.74 bits per heavy atom. The van der Waals surface area contributed by atoms with Gasteiger partial charge in [-0.15, -0.1) is 0 Å². The van der Waals surface area contributed by atoms with Crippen LogP contribution in [-0.4, -0.2) is 26.4 Å². The zero-order chi connectivity index (χ0) is 14.1. The van der Waals surface area contributed by atoms with Crippen molar-refractivity contribution in [3.63, 3.8) is 0 Å². The molecule has 5 heteroatoms. The number of methoxy groups -OCH3 is 1. The van der Waals surface area contributed by atoms with Crippen LogP contribution in [0.15, 0.2) is 24.3 Å². The lowest BCUT2D eigenvalue weighted by molar-refractivity contribution is -0.140. The topological polar surface area (TPSA) is 56.8 Å². The summed E-state index contributed by atoms with van der Waals surface area (Å²) >= 11 is 0. The highest BCUT2D eigenvalue weighted by Crippen LogP contribution is 2.19. The van der Waals surface area contributed by atoms with Gasteiger partial charge in [0.05, 0.1) is 7.11 Å². The fourth-order valence-corrected chi connectivity index (χ4v) is 1.58. The molecule has 0 spiro atoms. The quantitative estimate of drug-likeness (QED) is 0.771. The Kier molecular flexibility index (Phi) is 6.92. The van der Waals surface area contributed by atoms with Gasteiger partial charge in [-0.2, -0.15) is 0 Å². The molecule has 0 atom stereocenters. The minimum atomic E-state index is -0.439. The van der Waals surface area contributed by atoms with Gasteiger partial charge in [-0.1, -0.05) is 24.3 Å². The molecule has 0 fully saturated rings. The molecule has 1 aromatic carbocycles. The maximum Gasteiger partial charge on any atom is 0.407 e. The smallest absolute Gasteiger partial charge is 0.407 e. The Labute approximate surface area is 113 Å². The van der Waals surface area contributed by atoms with Gasteiger partial charge in [0.15, 0.2) is 6.29 Å². The lowest BCUT2D eigenvalue weighted by atomic mass is 10.1. The maximum atomic E-state index is 11.0. The highest BCUT2D eigenvalue weighted by atomic mass is 16.7. The molecule has 0 saturated carbocycles. The minimum Gasteiger partial charge on any atom is -0.453 e. The molecule has 1 N–H and O–H groups in total. The third-order valence-corrected chi connectivity index (χ3v) is 2.51. The number of ether oxygens (including phenoxy) is 3. The van der Waals surface area contributed by atoms with E-state index in [0.29, 0.717) is 19.8 Å². The average molecular weight is 267 g/mol. The van der Waals surface area contributed by atoms with Crippen LogP contribution >= 0.6 is 0 Å². The normalized spacial score (nSPS) is 10.5. The van der Waals surface area contributed by atoms with E-state index in [1.807, 2.05) is 38.1 Å². The summed E-state index contributed by atoms with van der Waals surface area (Å²) in [6.07, 6.45) is -0.775. The second-order valence-corrected chi connectivity index (χ2v) is 3.83. The Bertz CT molecular complexity index is 372. The van der Waals surface area contributed by atoms with E-state index < -0.39 is 6.09 Å². The molecule has 0 aromatic heterocycles. The summed E-state index contributed by atoms with van der Waals surface area (Å²) in [5.41, 5.74) is 1.95. The number of benzene rings is 1. The Balaban J connectivity index is 2.60. The van der Waals surface area contributed by atoms with E-state index in [-0.39, 0.29) is 6.29 Å². The van der Waals surface area contributed by atoms with Crippen molar-refractivity contribution < 1.29 is 19.0 Å². The molecular formula is C14H21NO4. The number of nitrogens with one attached hydrogen (secondary N) is 1. The predicted octanol–water partition coefficient (Wildman–Crippen LogP) is 2.61. The van der Waals surface area contributed by atoms with E-state index in [9.17, 15) is 4.79 Å². The van der Waals surface area contributed by atoms with Crippen molar-refractivity contribution in [2.45, 2.75) is 26.7 Å². The standard InChI is InChI=1S/C14H21NO4/c1-4-18-13(19-5-2)12-8-6-11(7-9-12)10-15-14(16)17-3/h6-9,13H,4-5,10H2,1-3H3,(H,15,16). The first kappa shape index (κ1) is 15.5. The van der Waals surface area contributed by atoms with Crippen LogP contribution in [0.25, 0.3) is 0 Å². The van der Waals surface area contributed by atoms with E-state index in [1.54, 1.807) is 0 Å². The predicted molar refractivity (Wildman–Crippen MR) is 71.7 cm³/mol. The summed E-state index contributed by atoms with van der Waals surface area (Å²) in [5.74, 6) is 0. The summed E-state index contributed by atoms with van der Waals surface area (Å²) in [5, 5.41) is 2.62. The molecule has 0 radical (unpaired) electrons. The van der Waals surface area contributed by atoms with E-state index in [4.69, 9.17) is 9.47 Å². The SMILES string of the molecule is CCOC(OCC)c1ccc(CNC(=O)OC)cc1. The third-order valence-electron chi connectivity index (χ3n) is 2.51. The second kappa shape index (κ2) is 8.50.